The Morgan fingerprint density at radius 2 is 2.03 bits per heavy atom. The van der Waals surface area contributed by atoms with Gasteiger partial charge in [0.2, 0.25) is 17.6 Å². The number of nitrogens with one attached hydrogen (secondary N) is 1. The van der Waals surface area contributed by atoms with Crippen LogP contribution in [0.3, 0.4) is 0 Å². The van der Waals surface area contributed by atoms with Gasteiger partial charge in [-0.15, -0.1) is 0 Å². The maximum atomic E-state index is 11.4. The van der Waals surface area contributed by atoms with E-state index < -0.39 is 5.76 Å². The van der Waals surface area contributed by atoms with Crippen molar-refractivity contribution < 1.29 is 4.52 Å². The van der Waals surface area contributed by atoms with Gasteiger partial charge in [0.25, 0.3) is 0 Å². The first-order valence-electron chi connectivity index (χ1n) is 10.3. The highest BCUT2D eigenvalue weighted by atomic mass is 35.5. The van der Waals surface area contributed by atoms with Crippen LogP contribution in [0.1, 0.15) is 32.6 Å². The molecule has 31 heavy (non-hydrogen) atoms. The molecule has 160 valence electrons. The fourth-order valence-electron chi connectivity index (χ4n) is 4.28. The summed E-state index contributed by atoms with van der Waals surface area (Å²) >= 11 is 6.25. The van der Waals surface area contributed by atoms with Crippen molar-refractivity contribution in [3.05, 3.63) is 39.8 Å². The second-order valence-electron chi connectivity index (χ2n) is 8.23. The number of anilines is 1. The van der Waals surface area contributed by atoms with E-state index in [2.05, 4.69) is 31.6 Å². The average molecular weight is 440 g/mol. The Labute approximate surface area is 182 Å². The fourth-order valence-corrected chi connectivity index (χ4v) is 4.47. The molecular formula is C21H22ClN7O2. The Balaban J connectivity index is 1.68. The smallest absolute Gasteiger partial charge is 0.369 e. The summed E-state index contributed by atoms with van der Waals surface area (Å²) in [4.78, 5) is 27.6. The lowest BCUT2D eigenvalue weighted by Crippen LogP contribution is -2.19. The van der Waals surface area contributed by atoms with Gasteiger partial charge in [-0.3, -0.25) is 9.51 Å². The number of imidazole rings is 1. The predicted octanol–water partition coefficient (Wildman–Crippen LogP) is 3.90. The molecule has 0 aliphatic heterocycles. The molecule has 0 amide bonds. The molecule has 0 bridgehead atoms. The van der Waals surface area contributed by atoms with Gasteiger partial charge in [-0.25, -0.2) is 14.8 Å². The van der Waals surface area contributed by atoms with Crippen molar-refractivity contribution in [1.29, 1.82) is 0 Å². The monoisotopic (exact) mass is 439 g/mol. The maximum Gasteiger partial charge on any atom is 0.439 e. The highest BCUT2D eigenvalue weighted by Crippen LogP contribution is 2.34. The van der Waals surface area contributed by atoms with E-state index in [1.165, 1.54) is 12.8 Å². The number of aromatic nitrogens is 6. The summed E-state index contributed by atoms with van der Waals surface area (Å²) in [5.74, 6) is 1.32. The summed E-state index contributed by atoms with van der Waals surface area (Å²) in [6.45, 7) is 3.06. The first kappa shape index (κ1) is 19.7. The number of H-pyrrole nitrogens is 1. The Morgan fingerprint density at radius 3 is 2.74 bits per heavy atom. The number of halogens is 1. The van der Waals surface area contributed by atoms with Crippen LogP contribution in [0.4, 0.5) is 5.95 Å². The molecule has 5 rings (SSSR count). The molecule has 0 saturated heterocycles. The van der Waals surface area contributed by atoms with Crippen LogP contribution in [0.25, 0.3) is 34.1 Å². The lowest BCUT2D eigenvalue weighted by Gasteiger charge is -2.27. The molecule has 1 fully saturated rings. The van der Waals surface area contributed by atoms with Crippen molar-refractivity contribution in [3.63, 3.8) is 0 Å². The van der Waals surface area contributed by atoms with Crippen molar-refractivity contribution in [2.45, 2.75) is 39.2 Å². The number of fused-ring (bicyclic) bond motifs is 1. The van der Waals surface area contributed by atoms with Gasteiger partial charge in [-0.1, -0.05) is 48.7 Å². The van der Waals surface area contributed by atoms with Crippen molar-refractivity contribution in [1.82, 2.24) is 29.7 Å². The van der Waals surface area contributed by atoms with Crippen LogP contribution < -0.4 is 11.5 Å². The van der Waals surface area contributed by atoms with Gasteiger partial charge < -0.3 is 10.3 Å². The van der Waals surface area contributed by atoms with E-state index in [1.54, 1.807) is 6.07 Å². The van der Waals surface area contributed by atoms with Gasteiger partial charge in [0, 0.05) is 17.1 Å². The second-order valence-corrected chi connectivity index (χ2v) is 8.66. The third-order valence-electron chi connectivity index (χ3n) is 5.96. The average Bonchev–Trinajstić information content (AvgIpc) is 3.32. The molecule has 4 aromatic rings. The van der Waals surface area contributed by atoms with E-state index in [0.29, 0.717) is 28.2 Å². The number of rotatable bonds is 4. The molecule has 1 saturated carbocycles. The minimum absolute atomic E-state index is 0.129. The van der Waals surface area contributed by atoms with Crippen molar-refractivity contribution >= 4 is 28.7 Å². The summed E-state index contributed by atoms with van der Waals surface area (Å²) in [6, 6.07) is 7.40. The molecule has 3 aromatic heterocycles. The summed E-state index contributed by atoms with van der Waals surface area (Å²) in [7, 11) is 0. The van der Waals surface area contributed by atoms with Crippen LogP contribution in [0.2, 0.25) is 5.02 Å². The first-order valence-corrected chi connectivity index (χ1v) is 10.7. The number of benzene rings is 1. The zero-order valence-electron chi connectivity index (χ0n) is 17.0. The third kappa shape index (κ3) is 3.81. The van der Waals surface area contributed by atoms with Crippen molar-refractivity contribution in [2.24, 2.45) is 11.8 Å². The van der Waals surface area contributed by atoms with E-state index in [0.717, 1.165) is 36.4 Å². The lowest BCUT2D eigenvalue weighted by molar-refractivity contribution is 0.267. The van der Waals surface area contributed by atoms with E-state index in [9.17, 15) is 4.79 Å². The van der Waals surface area contributed by atoms with E-state index in [-0.39, 0.29) is 11.6 Å². The summed E-state index contributed by atoms with van der Waals surface area (Å²) < 4.78 is 6.62. The number of nitrogens with zero attached hydrogens (tertiary/aromatic N) is 5. The van der Waals surface area contributed by atoms with Gasteiger partial charge in [-0.05, 0) is 36.8 Å². The summed E-state index contributed by atoms with van der Waals surface area (Å²) in [5, 5.41) is 4.30. The number of hydrogen-bond donors (Lipinski definition) is 2. The van der Waals surface area contributed by atoms with Crippen molar-refractivity contribution in [3.8, 4) is 22.9 Å². The molecule has 0 spiro atoms. The number of nitrogens with two attached hydrogens (primary N) is 1. The molecular weight excluding hydrogens is 418 g/mol. The van der Waals surface area contributed by atoms with Crippen LogP contribution in [0, 0.1) is 11.8 Å². The van der Waals surface area contributed by atoms with Gasteiger partial charge >= 0.3 is 5.76 Å². The molecule has 0 atom stereocenters. The molecule has 1 aromatic carbocycles. The lowest BCUT2D eigenvalue weighted by atomic mass is 9.83. The summed E-state index contributed by atoms with van der Waals surface area (Å²) in [6.07, 6.45) is 4.76. The minimum Gasteiger partial charge on any atom is -0.369 e. The van der Waals surface area contributed by atoms with E-state index >= 15 is 0 Å². The maximum absolute atomic E-state index is 11.4. The zero-order chi connectivity index (χ0) is 21.5. The van der Waals surface area contributed by atoms with Crippen LogP contribution in [-0.2, 0) is 6.54 Å². The predicted molar refractivity (Wildman–Crippen MR) is 117 cm³/mol. The number of nitrogen functional groups attached to an aromatic ring is 1. The summed E-state index contributed by atoms with van der Waals surface area (Å²) in [5.41, 5.74) is 8.93. The third-order valence-corrected chi connectivity index (χ3v) is 6.19. The van der Waals surface area contributed by atoms with Gasteiger partial charge in [0.15, 0.2) is 5.65 Å². The molecule has 0 radical (unpaired) electrons. The Kier molecular flexibility index (Phi) is 4.97. The fraction of sp³-hybridized carbons (Fsp3) is 0.381. The van der Waals surface area contributed by atoms with Gasteiger partial charge in [-0.2, -0.15) is 4.98 Å². The normalized spacial score (nSPS) is 19.2. The number of hydrogen-bond acceptors (Lipinski definition) is 7. The molecule has 9 nitrogen and oxygen atoms in total. The largest absolute Gasteiger partial charge is 0.439 e. The molecule has 1 aliphatic carbocycles. The topological polar surface area (TPSA) is 129 Å². The SMILES string of the molecule is C[C@H]1CC[C@H](Cn2c(N)nc3nc(-c4noc(=O)[nH]4)nc(-c4cccc(Cl)c4)c32)CC1. The molecule has 3 heterocycles. The molecule has 1 aliphatic rings. The highest BCUT2D eigenvalue weighted by Gasteiger charge is 2.24. The van der Waals surface area contributed by atoms with E-state index in [4.69, 9.17) is 22.3 Å². The molecule has 0 unspecified atom stereocenters. The number of aromatic amines is 1. The minimum atomic E-state index is -0.681. The van der Waals surface area contributed by atoms with Crippen LogP contribution >= 0.6 is 11.6 Å². The highest BCUT2D eigenvalue weighted by molar-refractivity contribution is 6.30. The Hall–Kier alpha value is -3.20. The van der Waals surface area contributed by atoms with Gasteiger partial charge in [0.05, 0.1) is 0 Å². The van der Waals surface area contributed by atoms with Crippen LogP contribution in [0.15, 0.2) is 33.6 Å². The van der Waals surface area contributed by atoms with Crippen molar-refractivity contribution in [2.75, 3.05) is 5.73 Å². The van der Waals surface area contributed by atoms with E-state index in [1.807, 2.05) is 22.8 Å². The standard InChI is InChI=1S/C21H22ClN7O2/c1-11-5-7-12(8-6-11)10-29-16-15(13-3-2-4-14(22)9-13)24-18(19-27-21(30)31-28-19)25-17(16)26-20(29)23/h2-4,9,11-12H,5-8,10H2,1H3,(H,27,28,30)(H2,23,24,25,26)/t11-,12-. The zero-order valence-corrected chi connectivity index (χ0v) is 17.8. The van der Waals surface area contributed by atoms with Crippen LogP contribution in [0.5, 0.6) is 0 Å². The quantitative estimate of drug-likeness (QED) is 0.493. The second kappa shape index (κ2) is 7.81. The Morgan fingerprint density at radius 1 is 1.23 bits per heavy atom. The Bertz CT molecular complexity index is 1300. The molecule has 3 N–H and O–H groups in total. The first-order chi connectivity index (χ1) is 15.0. The van der Waals surface area contributed by atoms with Gasteiger partial charge in [0.1, 0.15) is 11.2 Å². The van der Waals surface area contributed by atoms with Crippen LogP contribution in [-0.4, -0.2) is 29.7 Å². The molecule has 10 heteroatoms.